The van der Waals surface area contributed by atoms with Gasteiger partial charge in [-0.15, -0.1) is 0 Å². The van der Waals surface area contributed by atoms with Gasteiger partial charge in [-0.25, -0.2) is 8.42 Å². The molecule has 2 saturated heterocycles. The van der Waals surface area contributed by atoms with E-state index in [0.717, 1.165) is 57.6 Å². The molecule has 0 spiro atoms. The quantitative estimate of drug-likeness (QED) is 0.882. The van der Waals surface area contributed by atoms with Gasteiger partial charge < -0.3 is 10.1 Å². The predicted molar refractivity (Wildman–Crippen MR) is 94.5 cm³/mol. The van der Waals surface area contributed by atoms with E-state index in [1.54, 1.807) is 16.4 Å². The van der Waals surface area contributed by atoms with E-state index in [9.17, 15) is 8.42 Å². The Kier molecular flexibility index (Phi) is 5.92. The maximum Gasteiger partial charge on any atom is 0.243 e. The molecule has 1 N–H and O–H groups in total. The molecule has 0 amide bonds. The molecule has 134 valence electrons. The van der Waals surface area contributed by atoms with Gasteiger partial charge in [-0.05, 0) is 57.2 Å². The molecule has 1 aromatic rings. The van der Waals surface area contributed by atoms with Crippen molar-refractivity contribution in [1.82, 2.24) is 9.62 Å². The lowest BCUT2D eigenvalue weighted by atomic mass is 9.99. The minimum Gasteiger partial charge on any atom is -0.381 e. The highest BCUT2D eigenvalue weighted by Gasteiger charge is 2.34. The summed E-state index contributed by atoms with van der Waals surface area (Å²) in [5.74, 6) is 0.390. The Hall–Kier alpha value is -0.950. The second-order valence-electron chi connectivity index (χ2n) is 6.94. The third-order valence-electron chi connectivity index (χ3n) is 5.08. The summed E-state index contributed by atoms with van der Waals surface area (Å²) in [4.78, 5) is 0.408. The molecule has 2 aliphatic rings. The van der Waals surface area contributed by atoms with Crippen LogP contribution in [0.25, 0.3) is 0 Å². The van der Waals surface area contributed by atoms with E-state index in [1.165, 1.54) is 0 Å². The van der Waals surface area contributed by atoms with E-state index in [4.69, 9.17) is 4.74 Å². The van der Waals surface area contributed by atoms with Crippen molar-refractivity contribution in [1.29, 1.82) is 0 Å². The average molecular weight is 353 g/mol. The topological polar surface area (TPSA) is 58.6 Å². The van der Waals surface area contributed by atoms with Crippen molar-refractivity contribution in [3.63, 3.8) is 0 Å². The Morgan fingerprint density at radius 3 is 2.50 bits per heavy atom. The first-order chi connectivity index (χ1) is 11.6. The fourth-order valence-electron chi connectivity index (χ4n) is 3.55. The molecule has 0 saturated carbocycles. The van der Waals surface area contributed by atoms with Crippen LogP contribution in [0, 0.1) is 12.8 Å². The van der Waals surface area contributed by atoms with E-state index in [2.05, 4.69) is 5.32 Å². The van der Waals surface area contributed by atoms with Gasteiger partial charge in [0.25, 0.3) is 0 Å². The van der Waals surface area contributed by atoms with Crippen LogP contribution < -0.4 is 5.32 Å². The zero-order valence-electron chi connectivity index (χ0n) is 14.4. The summed E-state index contributed by atoms with van der Waals surface area (Å²) in [6.07, 6.45) is 3.85. The molecular formula is C18H28N2O3S. The predicted octanol–water partition coefficient (Wildman–Crippen LogP) is 2.16. The van der Waals surface area contributed by atoms with Crippen molar-refractivity contribution >= 4 is 10.0 Å². The Morgan fingerprint density at radius 2 is 1.88 bits per heavy atom. The van der Waals surface area contributed by atoms with Gasteiger partial charge in [0.2, 0.25) is 10.0 Å². The molecule has 2 heterocycles. The van der Waals surface area contributed by atoms with Gasteiger partial charge in [-0.2, -0.15) is 4.31 Å². The van der Waals surface area contributed by atoms with Gasteiger partial charge in [0.05, 0.1) is 4.90 Å². The second-order valence-corrected chi connectivity index (χ2v) is 8.83. The standard InChI is InChI=1S/C18H28N2O3S/c1-15-4-6-18(7-5-15)24(21,22)20(17-3-2-10-19-13-17)14-16-8-11-23-12-9-16/h4-7,16-17,19H,2-3,8-14H2,1H3. The van der Waals surface area contributed by atoms with E-state index >= 15 is 0 Å². The van der Waals surface area contributed by atoms with Crippen molar-refractivity contribution < 1.29 is 13.2 Å². The minimum atomic E-state index is -3.46. The third-order valence-corrected chi connectivity index (χ3v) is 7.02. The zero-order chi connectivity index (χ0) is 17.0. The number of ether oxygens (including phenoxy) is 1. The SMILES string of the molecule is Cc1ccc(S(=O)(=O)N(CC2CCOCC2)C2CCCNC2)cc1. The van der Waals surface area contributed by atoms with Gasteiger partial charge in [-0.3, -0.25) is 0 Å². The molecular weight excluding hydrogens is 324 g/mol. The number of hydrogen-bond acceptors (Lipinski definition) is 4. The molecule has 2 fully saturated rings. The summed E-state index contributed by atoms with van der Waals surface area (Å²) in [6, 6.07) is 7.26. The third kappa shape index (κ3) is 4.17. The number of nitrogens with zero attached hydrogens (tertiary/aromatic N) is 1. The molecule has 0 aliphatic carbocycles. The molecule has 0 bridgehead atoms. The van der Waals surface area contributed by atoms with Crippen LogP contribution >= 0.6 is 0 Å². The summed E-state index contributed by atoms with van der Waals surface area (Å²) in [7, 11) is -3.46. The molecule has 5 nitrogen and oxygen atoms in total. The van der Waals surface area contributed by atoms with Crippen LogP contribution in [0.2, 0.25) is 0 Å². The normalized spacial score (nSPS) is 23.5. The van der Waals surface area contributed by atoms with Gasteiger partial charge in [0.1, 0.15) is 0 Å². The van der Waals surface area contributed by atoms with Crippen molar-refractivity contribution in [2.24, 2.45) is 5.92 Å². The largest absolute Gasteiger partial charge is 0.381 e. The Balaban J connectivity index is 1.85. The highest BCUT2D eigenvalue weighted by molar-refractivity contribution is 7.89. The van der Waals surface area contributed by atoms with Crippen LogP contribution in [0.15, 0.2) is 29.2 Å². The highest BCUT2D eigenvalue weighted by atomic mass is 32.2. The fraction of sp³-hybridized carbons (Fsp3) is 0.667. The lowest BCUT2D eigenvalue weighted by Gasteiger charge is -2.36. The van der Waals surface area contributed by atoms with E-state index in [1.807, 2.05) is 19.1 Å². The second kappa shape index (κ2) is 7.95. The molecule has 0 radical (unpaired) electrons. The van der Waals surface area contributed by atoms with E-state index in [0.29, 0.717) is 17.4 Å². The van der Waals surface area contributed by atoms with Crippen molar-refractivity contribution in [2.45, 2.75) is 43.5 Å². The van der Waals surface area contributed by atoms with Crippen molar-refractivity contribution in [2.75, 3.05) is 32.8 Å². The highest BCUT2D eigenvalue weighted by Crippen LogP contribution is 2.26. The minimum absolute atomic E-state index is 0.0490. The lowest BCUT2D eigenvalue weighted by molar-refractivity contribution is 0.0566. The first-order valence-corrected chi connectivity index (χ1v) is 10.4. The monoisotopic (exact) mass is 352 g/mol. The Bertz CT molecular complexity index is 618. The number of aryl methyl sites for hydroxylation is 1. The molecule has 24 heavy (non-hydrogen) atoms. The van der Waals surface area contributed by atoms with Crippen LogP contribution in [0.4, 0.5) is 0 Å². The number of nitrogens with one attached hydrogen (secondary N) is 1. The van der Waals surface area contributed by atoms with Crippen molar-refractivity contribution in [3.05, 3.63) is 29.8 Å². The van der Waals surface area contributed by atoms with Gasteiger partial charge in [0, 0.05) is 32.3 Å². The van der Waals surface area contributed by atoms with Crippen LogP contribution in [0.3, 0.4) is 0 Å². The first-order valence-electron chi connectivity index (χ1n) is 8.94. The van der Waals surface area contributed by atoms with Crippen LogP contribution in [-0.2, 0) is 14.8 Å². The first kappa shape index (κ1) is 17.9. The Labute approximate surface area is 145 Å². The number of hydrogen-bond donors (Lipinski definition) is 1. The maximum absolute atomic E-state index is 13.3. The van der Waals surface area contributed by atoms with Gasteiger partial charge >= 0.3 is 0 Å². The molecule has 1 atom stereocenters. The zero-order valence-corrected chi connectivity index (χ0v) is 15.2. The molecule has 0 aromatic heterocycles. The van der Waals surface area contributed by atoms with Crippen LogP contribution in [0.5, 0.6) is 0 Å². The summed E-state index contributed by atoms with van der Waals surface area (Å²) in [5, 5.41) is 3.35. The number of piperidine rings is 1. The molecule has 1 unspecified atom stereocenters. The van der Waals surface area contributed by atoms with Crippen LogP contribution in [0.1, 0.15) is 31.2 Å². The van der Waals surface area contributed by atoms with Gasteiger partial charge in [-0.1, -0.05) is 17.7 Å². The van der Waals surface area contributed by atoms with E-state index in [-0.39, 0.29) is 6.04 Å². The number of sulfonamides is 1. The molecule has 1 aromatic carbocycles. The summed E-state index contributed by atoms with van der Waals surface area (Å²) >= 11 is 0. The fourth-order valence-corrected chi connectivity index (χ4v) is 5.28. The van der Waals surface area contributed by atoms with Crippen LogP contribution in [-0.4, -0.2) is 51.6 Å². The maximum atomic E-state index is 13.3. The lowest BCUT2D eigenvalue weighted by Crippen LogP contribution is -2.50. The van der Waals surface area contributed by atoms with Crippen molar-refractivity contribution in [3.8, 4) is 0 Å². The summed E-state index contributed by atoms with van der Waals surface area (Å²) < 4.78 is 33.8. The van der Waals surface area contributed by atoms with E-state index < -0.39 is 10.0 Å². The molecule has 3 rings (SSSR count). The number of benzene rings is 1. The Morgan fingerprint density at radius 1 is 1.17 bits per heavy atom. The molecule has 2 aliphatic heterocycles. The summed E-state index contributed by atoms with van der Waals surface area (Å²) in [6.45, 7) is 5.78. The summed E-state index contributed by atoms with van der Waals surface area (Å²) in [5.41, 5.74) is 1.07. The average Bonchev–Trinajstić information content (AvgIpc) is 2.61. The number of rotatable bonds is 5. The van der Waals surface area contributed by atoms with Gasteiger partial charge in [0.15, 0.2) is 0 Å². The molecule has 6 heteroatoms. The smallest absolute Gasteiger partial charge is 0.243 e.